The molecule has 0 radical (unpaired) electrons. The molecule has 7 aromatic rings. The van der Waals surface area contributed by atoms with E-state index >= 15 is 0 Å². The number of hydrogen-bond donors (Lipinski definition) is 0. The van der Waals surface area contributed by atoms with Gasteiger partial charge in [-0.05, 0) is 68.0 Å². The zero-order chi connectivity index (χ0) is 18.9. The van der Waals surface area contributed by atoms with Crippen LogP contribution < -0.4 is 0 Å². The summed E-state index contributed by atoms with van der Waals surface area (Å²) in [5.41, 5.74) is 0. The molecule has 0 amide bonds. The van der Waals surface area contributed by atoms with Gasteiger partial charge in [-0.25, -0.2) is 0 Å². The number of benzene rings is 6. The molecular weight excluding hydrogens is 368 g/mol. The third kappa shape index (κ3) is 2.14. The molecule has 1 aromatic heterocycles. The zero-order valence-electron chi connectivity index (χ0n) is 15.6. The van der Waals surface area contributed by atoms with E-state index in [1.807, 2.05) is 11.3 Å². The highest BCUT2D eigenvalue weighted by molar-refractivity contribution is 7.26. The van der Waals surface area contributed by atoms with Gasteiger partial charge in [-0.3, -0.25) is 0 Å². The van der Waals surface area contributed by atoms with Gasteiger partial charge in [0.15, 0.2) is 0 Å². The maximum absolute atomic E-state index is 2.36. The normalized spacial score (nSPS) is 12.1. The van der Waals surface area contributed by atoms with Gasteiger partial charge in [-0.15, -0.1) is 11.3 Å². The van der Waals surface area contributed by atoms with Crippen molar-refractivity contribution in [3.05, 3.63) is 97.1 Å². The Labute approximate surface area is 171 Å². The molecule has 0 aliphatic rings. The van der Waals surface area contributed by atoms with Crippen LogP contribution in [0, 0.1) is 0 Å². The monoisotopic (exact) mass is 384 g/mol. The van der Waals surface area contributed by atoms with Crippen LogP contribution in [0.25, 0.3) is 63.3 Å². The topological polar surface area (TPSA) is 0 Å². The number of thiophene rings is 1. The molecule has 6 aromatic carbocycles. The van der Waals surface area contributed by atoms with E-state index < -0.39 is 0 Å². The molecule has 0 bridgehead atoms. The van der Waals surface area contributed by atoms with Crippen molar-refractivity contribution in [2.45, 2.75) is 0 Å². The van der Waals surface area contributed by atoms with Crippen LogP contribution in [-0.2, 0) is 0 Å². The average Bonchev–Trinajstić information content (AvgIpc) is 3.16. The Morgan fingerprint density at radius 3 is 1.66 bits per heavy atom. The molecule has 0 spiro atoms. The molecule has 29 heavy (non-hydrogen) atoms. The van der Waals surface area contributed by atoms with Gasteiger partial charge in [0.1, 0.15) is 0 Å². The van der Waals surface area contributed by atoms with Crippen LogP contribution in [0.5, 0.6) is 0 Å². The Morgan fingerprint density at radius 1 is 0.414 bits per heavy atom. The van der Waals surface area contributed by atoms with Gasteiger partial charge < -0.3 is 0 Å². The molecule has 0 nitrogen and oxygen atoms in total. The molecule has 0 fully saturated rings. The number of fused-ring (bicyclic) bond motifs is 9. The molecule has 0 atom stereocenters. The first-order valence-corrected chi connectivity index (χ1v) is 10.8. The molecule has 134 valence electrons. The molecule has 1 heteroatoms. The van der Waals surface area contributed by atoms with E-state index in [2.05, 4.69) is 97.1 Å². The van der Waals surface area contributed by atoms with Crippen LogP contribution in [0.2, 0.25) is 0 Å². The lowest BCUT2D eigenvalue weighted by Crippen LogP contribution is -1.79. The largest absolute Gasteiger partial charge is 0.135 e. The summed E-state index contributed by atoms with van der Waals surface area (Å²) in [7, 11) is 0. The van der Waals surface area contributed by atoms with Gasteiger partial charge in [-0.1, -0.05) is 66.7 Å². The van der Waals surface area contributed by atoms with Gasteiger partial charge >= 0.3 is 0 Å². The van der Waals surface area contributed by atoms with E-state index in [0.717, 1.165) is 0 Å². The van der Waals surface area contributed by atoms with Gasteiger partial charge in [0.05, 0.1) is 0 Å². The highest BCUT2D eigenvalue weighted by atomic mass is 32.1. The van der Waals surface area contributed by atoms with Crippen molar-refractivity contribution < 1.29 is 0 Å². The third-order valence-electron chi connectivity index (χ3n) is 6.17. The molecule has 0 N–H and O–H groups in total. The summed E-state index contributed by atoms with van der Waals surface area (Å²) in [6.45, 7) is 0. The van der Waals surface area contributed by atoms with Crippen molar-refractivity contribution >= 4 is 74.6 Å². The van der Waals surface area contributed by atoms with Gasteiger partial charge in [-0.2, -0.15) is 0 Å². The van der Waals surface area contributed by atoms with Crippen LogP contribution in [0.1, 0.15) is 0 Å². The Hall–Kier alpha value is -3.42. The molecule has 0 saturated heterocycles. The second kappa shape index (κ2) is 5.56. The summed E-state index contributed by atoms with van der Waals surface area (Å²) in [5, 5.41) is 13.3. The third-order valence-corrected chi connectivity index (χ3v) is 7.37. The van der Waals surface area contributed by atoms with Crippen LogP contribution >= 0.6 is 11.3 Å². The highest BCUT2D eigenvalue weighted by Gasteiger charge is 2.12. The SMILES string of the molecule is c1ccc2cc3c(ccc4c3sc3ccc5cc6ccccc6cc5c34)cc2c1. The summed E-state index contributed by atoms with van der Waals surface area (Å²) in [6, 6.07) is 35.8. The minimum absolute atomic E-state index is 1.30. The lowest BCUT2D eigenvalue weighted by atomic mass is 9.97. The van der Waals surface area contributed by atoms with E-state index in [-0.39, 0.29) is 0 Å². The number of rotatable bonds is 0. The van der Waals surface area contributed by atoms with Crippen molar-refractivity contribution in [3.63, 3.8) is 0 Å². The van der Waals surface area contributed by atoms with Gasteiger partial charge in [0.25, 0.3) is 0 Å². The van der Waals surface area contributed by atoms with Crippen molar-refractivity contribution in [2.24, 2.45) is 0 Å². The first-order chi connectivity index (χ1) is 14.3. The van der Waals surface area contributed by atoms with Crippen LogP contribution in [-0.4, -0.2) is 0 Å². The molecule has 7 rings (SSSR count). The quantitative estimate of drug-likeness (QED) is 0.229. The maximum Gasteiger partial charge on any atom is 0.0434 e. The molecule has 1 heterocycles. The standard InChI is InChI=1S/C28H16S/c1-3-7-19-15-24-21(13-17(19)5-1)10-12-26-27(24)23-11-9-22-14-18-6-2-4-8-20(18)16-25(22)28(23)29-26/h1-16H. The minimum Gasteiger partial charge on any atom is -0.135 e. The predicted octanol–water partition coefficient (Wildman–Crippen LogP) is 8.67. The molecule has 0 aliphatic heterocycles. The Morgan fingerprint density at radius 2 is 0.966 bits per heavy atom. The second-order valence-corrected chi connectivity index (χ2v) is 8.88. The predicted molar refractivity (Wildman–Crippen MR) is 129 cm³/mol. The van der Waals surface area contributed by atoms with Crippen molar-refractivity contribution in [2.75, 3.05) is 0 Å². The van der Waals surface area contributed by atoms with Crippen LogP contribution in [0.15, 0.2) is 97.1 Å². The van der Waals surface area contributed by atoms with Crippen molar-refractivity contribution in [3.8, 4) is 0 Å². The first kappa shape index (κ1) is 15.5. The van der Waals surface area contributed by atoms with Crippen LogP contribution in [0.3, 0.4) is 0 Å². The average molecular weight is 385 g/mol. The Kier molecular flexibility index (Phi) is 2.97. The van der Waals surface area contributed by atoms with E-state index in [1.165, 1.54) is 63.3 Å². The molecule has 0 saturated carbocycles. The van der Waals surface area contributed by atoms with Gasteiger partial charge in [0, 0.05) is 25.6 Å². The summed E-state index contributed by atoms with van der Waals surface area (Å²) in [5.74, 6) is 0. The summed E-state index contributed by atoms with van der Waals surface area (Å²) < 4.78 is 2.76. The Balaban J connectivity index is 1.68. The van der Waals surface area contributed by atoms with Crippen molar-refractivity contribution in [1.29, 1.82) is 0 Å². The maximum atomic E-state index is 2.36. The first-order valence-electron chi connectivity index (χ1n) is 9.94. The molecule has 0 aliphatic carbocycles. The highest BCUT2D eigenvalue weighted by Crippen LogP contribution is 2.43. The molecular formula is C28H16S. The zero-order valence-corrected chi connectivity index (χ0v) is 16.5. The van der Waals surface area contributed by atoms with Crippen molar-refractivity contribution in [1.82, 2.24) is 0 Å². The van der Waals surface area contributed by atoms with E-state index in [1.54, 1.807) is 0 Å². The van der Waals surface area contributed by atoms with E-state index in [4.69, 9.17) is 0 Å². The molecule has 0 unspecified atom stereocenters. The Bertz CT molecular complexity index is 1750. The van der Waals surface area contributed by atoms with E-state index in [9.17, 15) is 0 Å². The second-order valence-electron chi connectivity index (χ2n) is 7.82. The lowest BCUT2D eigenvalue weighted by Gasteiger charge is -2.05. The minimum atomic E-state index is 1.30. The van der Waals surface area contributed by atoms with Gasteiger partial charge in [0.2, 0.25) is 0 Å². The van der Waals surface area contributed by atoms with Crippen LogP contribution in [0.4, 0.5) is 0 Å². The number of hydrogen-bond acceptors (Lipinski definition) is 1. The summed E-state index contributed by atoms with van der Waals surface area (Å²) >= 11 is 1.92. The fraction of sp³-hybridized carbons (Fsp3) is 0. The summed E-state index contributed by atoms with van der Waals surface area (Å²) in [6.07, 6.45) is 0. The fourth-order valence-corrected chi connectivity index (χ4v) is 6.00. The van der Waals surface area contributed by atoms with E-state index in [0.29, 0.717) is 0 Å². The smallest absolute Gasteiger partial charge is 0.0434 e. The fourth-order valence-electron chi connectivity index (χ4n) is 4.76. The lowest BCUT2D eigenvalue weighted by molar-refractivity contribution is 1.80. The summed E-state index contributed by atoms with van der Waals surface area (Å²) in [4.78, 5) is 0.